The molecule has 1 unspecified atom stereocenters. The van der Waals surface area contributed by atoms with Crippen LogP contribution in [0.4, 0.5) is 5.69 Å². The van der Waals surface area contributed by atoms with Crippen molar-refractivity contribution in [2.75, 3.05) is 25.0 Å². The smallest absolute Gasteiger partial charge is 0.226 e. The van der Waals surface area contributed by atoms with Gasteiger partial charge >= 0.3 is 0 Å². The molecule has 1 heterocycles. The van der Waals surface area contributed by atoms with Crippen LogP contribution >= 0.6 is 11.6 Å². The van der Waals surface area contributed by atoms with Crippen LogP contribution in [0.15, 0.2) is 48.5 Å². The number of aliphatic hydroxyl groups is 1. The zero-order valence-corrected chi connectivity index (χ0v) is 19.4. The van der Waals surface area contributed by atoms with E-state index in [2.05, 4.69) is 22.3 Å². The summed E-state index contributed by atoms with van der Waals surface area (Å²) < 4.78 is 0. The molecule has 1 fully saturated rings. The van der Waals surface area contributed by atoms with Crippen LogP contribution in [0.25, 0.3) is 0 Å². The molecule has 0 spiro atoms. The van der Waals surface area contributed by atoms with Crippen molar-refractivity contribution in [1.82, 2.24) is 4.90 Å². The second-order valence-electron chi connectivity index (χ2n) is 8.95. The first-order valence-corrected chi connectivity index (χ1v) is 11.9. The van der Waals surface area contributed by atoms with Crippen LogP contribution in [-0.4, -0.2) is 35.5 Å². The van der Waals surface area contributed by atoms with E-state index < -0.39 is 6.10 Å². The first kappa shape index (κ1) is 23.8. The highest BCUT2D eigenvalue weighted by Crippen LogP contribution is 2.30. The van der Waals surface area contributed by atoms with Crippen LogP contribution in [0, 0.1) is 5.92 Å². The number of hydrogen-bond acceptors (Lipinski definition) is 3. The summed E-state index contributed by atoms with van der Waals surface area (Å²) in [4.78, 5) is 14.5. The monoisotopic (exact) mass is 442 g/mol. The largest absolute Gasteiger partial charge is 0.388 e. The number of unbranched alkanes of at least 4 members (excludes halogenated alkanes) is 1. The highest BCUT2D eigenvalue weighted by Gasteiger charge is 2.21. The number of carbonyl (C=O) groups is 1. The predicted molar refractivity (Wildman–Crippen MR) is 129 cm³/mol. The topological polar surface area (TPSA) is 52.6 Å². The molecule has 5 heteroatoms. The number of nitrogens with one attached hydrogen (secondary N) is 1. The van der Waals surface area contributed by atoms with Gasteiger partial charge in [0.15, 0.2) is 0 Å². The SMILES string of the molecule is CC(C)C(=O)Nc1cccc(C2CCN(CCCCC(O)c3ccc(Cl)cc3)CC2)c1. The van der Waals surface area contributed by atoms with Gasteiger partial charge in [-0.15, -0.1) is 0 Å². The van der Waals surface area contributed by atoms with E-state index in [9.17, 15) is 9.90 Å². The number of piperidine rings is 1. The summed E-state index contributed by atoms with van der Waals surface area (Å²) in [6, 6.07) is 15.8. The van der Waals surface area contributed by atoms with Gasteiger partial charge in [-0.05, 0) is 93.0 Å². The standard InChI is InChI=1S/C26H35ClN2O2/c1-19(2)26(31)28-24-7-5-6-22(18-24)20-13-16-29(17-14-20)15-4-3-8-25(30)21-9-11-23(27)12-10-21/h5-7,9-12,18-20,25,30H,3-4,8,13-17H2,1-2H3,(H,28,31). The Kier molecular flexibility index (Phi) is 8.94. The van der Waals surface area contributed by atoms with Crippen molar-refractivity contribution in [3.8, 4) is 0 Å². The predicted octanol–water partition coefficient (Wildman–Crippen LogP) is 6.02. The third-order valence-corrected chi connectivity index (χ3v) is 6.45. The van der Waals surface area contributed by atoms with Crippen molar-refractivity contribution < 1.29 is 9.90 Å². The molecule has 2 N–H and O–H groups in total. The maximum absolute atomic E-state index is 12.0. The molecule has 0 aliphatic carbocycles. The lowest BCUT2D eigenvalue weighted by Gasteiger charge is -2.32. The van der Waals surface area contributed by atoms with Gasteiger partial charge in [-0.1, -0.05) is 49.7 Å². The minimum Gasteiger partial charge on any atom is -0.388 e. The summed E-state index contributed by atoms with van der Waals surface area (Å²) in [5.41, 5.74) is 3.17. The van der Waals surface area contributed by atoms with Gasteiger partial charge in [0.05, 0.1) is 6.10 Å². The number of anilines is 1. The van der Waals surface area contributed by atoms with Crippen molar-refractivity contribution >= 4 is 23.2 Å². The zero-order valence-electron chi connectivity index (χ0n) is 18.7. The Hall–Kier alpha value is -1.88. The fraction of sp³-hybridized carbons (Fsp3) is 0.500. The molecule has 1 aliphatic rings. The average Bonchev–Trinajstić information content (AvgIpc) is 2.77. The Morgan fingerprint density at radius 3 is 2.52 bits per heavy atom. The number of likely N-dealkylation sites (tertiary alicyclic amines) is 1. The van der Waals surface area contributed by atoms with Crippen molar-refractivity contribution in [3.05, 3.63) is 64.7 Å². The number of nitrogens with zero attached hydrogens (tertiary/aromatic N) is 1. The van der Waals surface area contributed by atoms with Gasteiger partial charge in [0, 0.05) is 16.6 Å². The number of benzene rings is 2. The van der Waals surface area contributed by atoms with E-state index in [4.69, 9.17) is 11.6 Å². The summed E-state index contributed by atoms with van der Waals surface area (Å²) in [5.74, 6) is 0.603. The average molecular weight is 443 g/mol. The molecule has 1 saturated heterocycles. The summed E-state index contributed by atoms with van der Waals surface area (Å²) in [7, 11) is 0. The number of hydrogen-bond donors (Lipinski definition) is 2. The van der Waals surface area contributed by atoms with E-state index in [1.165, 1.54) is 5.56 Å². The van der Waals surface area contributed by atoms with Crippen LogP contribution in [0.3, 0.4) is 0 Å². The summed E-state index contributed by atoms with van der Waals surface area (Å²) in [6.45, 7) is 7.12. The molecule has 4 nitrogen and oxygen atoms in total. The molecule has 168 valence electrons. The van der Waals surface area contributed by atoms with E-state index in [-0.39, 0.29) is 11.8 Å². The van der Waals surface area contributed by atoms with Gasteiger partial charge in [0.2, 0.25) is 5.91 Å². The molecule has 1 atom stereocenters. The van der Waals surface area contributed by atoms with Gasteiger partial charge < -0.3 is 15.3 Å². The maximum atomic E-state index is 12.0. The number of rotatable bonds is 9. The molecule has 3 rings (SSSR count). The second kappa shape index (κ2) is 11.7. The van der Waals surface area contributed by atoms with Gasteiger partial charge in [0.1, 0.15) is 0 Å². The molecule has 0 radical (unpaired) electrons. The Balaban J connectivity index is 1.38. The van der Waals surface area contributed by atoms with Crippen molar-refractivity contribution in [3.63, 3.8) is 0 Å². The van der Waals surface area contributed by atoms with Crippen molar-refractivity contribution in [1.29, 1.82) is 0 Å². The summed E-state index contributed by atoms with van der Waals surface area (Å²) >= 11 is 5.91. The zero-order chi connectivity index (χ0) is 22.2. The molecule has 0 saturated carbocycles. The van der Waals surface area contributed by atoms with Crippen LogP contribution < -0.4 is 5.32 Å². The lowest BCUT2D eigenvalue weighted by molar-refractivity contribution is -0.118. The first-order valence-electron chi connectivity index (χ1n) is 11.5. The Morgan fingerprint density at radius 2 is 1.84 bits per heavy atom. The second-order valence-corrected chi connectivity index (χ2v) is 9.38. The molecule has 2 aromatic rings. The van der Waals surface area contributed by atoms with Crippen LogP contribution in [-0.2, 0) is 4.79 Å². The van der Waals surface area contributed by atoms with Crippen LogP contribution in [0.1, 0.15) is 69.1 Å². The summed E-state index contributed by atoms with van der Waals surface area (Å²) in [6.07, 6.45) is 4.79. The Morgan fingerprint density at radius 1 is 1.13 bits per heavy atom. The van der Waals surface area contributed by atoms with E-state index in [1.807, 2.05) is 50.2 Å². The molecule has 2 aromatic carbocycles. The third kappa shape index (κ3) is 7.34. The number of aliphatic hydroxyl groups excluding tert-OH is 1. The molecule has 0 aromatic heterocycles. The number of carbonyl (C=O) groups excluding carboxylic acids is 1. The van der Waals surface area contributed by atoms with Crippen molar-refractivity contribution in [2.24, 2.45) is 5.92 Å². The minimum absolute atomic E-state index is 0.0146. The van der Waals surface area contributed by atoms with Crippen LogP contribution in [0.5, 0.6) is 0 Å². The maximum Gasteiger partial charge on any atom is 0.226 e. The van der Waals surface area contributed by atoms with Gasteiger partial charge in [-0.3, -0.25) is 4.79 Å². The summed E-state index contributed by atoms with van der Waals surface area (Å²) in [5, 5.41) is 14.0. The molecule has 0 bridgehead atoms. The van der Waals surface area contributed by atoms with E-state index >= 15 is 0 Å². The third-order valence-electron chi connectivity index (χ3n) is 6.19. The molecule has 31 heavy (non-hydrogen) atoms. The molecular weight excluding hydrogens is 408 g/mol. The highest BCUT2D eigenvalue weighted by molar-refractivity contribution is 6.30. The van der Waals surface area contributed by atoms with Crippen LogP contribution in [0.2, 0.25) is 5.02 Å². The van der Waals surface area contributed by atoms with Gasteiger partial charge in [0.25, 0.3) is 0 Å². The lowest BCUT2D eigenvalue weighted by Crippen LogP contribution is -2.33. The minimum atomic E-state index is -0.411. The highest BCUT2D eigenvalue weighted by atomic mass is 35.5. The van der Waals surface area contributed by atoms with Gasteiger partial charge in [-0.2, -0.15) is 0 Å². The van der Waals surface area contributed by atoms with E-state index in [0.29, 0.717) is 10.9 Å². The van der Waals surface area contributed by atoms with E-state index in [1.54, 1.807) is 0 Å². The Labute approximate surface area is 191 Å². The van der Waals surface area contributed by atoms with Gasteiger partial charge in [-0.25, -0.2) is 0 Å². The Bertz CT molecular complexity index is 830. The lowest BCUT2D eigenvalue weighted by atomic mass is 9.89. The van der Waals surface area contributed by atoms with E-state index in [0.717, 1.165) is 63.0 Å². The quantitative estimate of drug-likeness (QED) is 0.467. The molecule has 1 aliphatic heterocycles. The number of halogens is 1. The molecular formula is C26H35ClN2O2. The fourth-order valence-corrected chi connectivity index (χ4v) is 4.30. The number of amides is 1. The first-order chi connectivity index (χ1) is 14.9. The fourth-order valence-electron chi connectivity index (χ4n) is 4.17. The van der Waals surface area contributed by atoms with Crippen molar-refractivity contribution in [2.45, 2.75) is 58.0 Å². The molecule has 1 amide bonds. The normalized spacial score (nSPS) is 16.4.